The predicted octanol–water partition coefficient (Wildman–Crippen LogP) is 3.69. The maximum absolute atomic E-state index is 5.78. The first-order chi connectivity index (χ1) is 7.76. The summed E-state index contributed by atoms with van der Waals surface area (Å²) in [5.41, 5.74) is 0.0756. The van der Waals surface area contributed by atoms with Gasteiger partial charge in [-0.1, -0.05) is 25.5 Å². The average Bonchev–Trinajstić information content (AvgIpc) is 2.29. The zero-order valence-electron chi connectivity index (χ0n) is 10.4. The van der Waals surface area contributed by atoms with Crippen molar-refractivity contribution in [3.8, 4) is 0 Å². The summed E-state index contributed by atoms with van der Waals surface area (Å²) in [5.74, 6) is 0. The molecule has 1 aliphatic heterocycles. The Balaban J connectivity index is 2.42. The van der Waals surface area contributed by atoms with Gasteiger partial charge in [0.1, 0.15) is 0 Å². The van der Waals surface area contributed by atoms with Gasteiger partial charge in [0.05, 0.1) is 13.2 Å². The molecule has 1 aliphatic rings. The van der Waals surface area contributed by atoms with E-state index in [1.165, 1.54) is 12.8 Å². The Labute approximate surface area is 99.3 Å². The van der Waals surface area contributed by atoms with Gasteiger partial charge in [-0.3, -0.25) is 0 Å². The molecule has 0 radical (unpaired) electrons. The highest BCUT2D eigenvalue weighted by atomic mass is 16.7. The minimum atomic E-state index is 0.00251. The molecule has 0 aromatic carbocycles. The van der Waals surface area contributed by atoms with Crippen LogP contribution in [0.15, 0.2) is 25.3 Å². The van der Waals surface area contributed by atoms with Crippen molar-refractivity contribution in [1.82, 2.24) is 0 Å². The third-order valence-electron chi connectivity index (χ3n) is 3.10. The van der Waals surface area contributed by atoms with Crippen LogP contribution < -0.4 is 0 Å². The van der Waals surface area contributed by atoms with E-state index < -0.39 is 0 Å². The summed E-state index contributed by atoms with van der Waals surface area (Å²) in [5, 5.41) is 0. The van der Waals surface area contributed by atoms with Crippen molar-refractivity contribution < 1.29 is 9.47 Å². The Bertz CT molecular complexity index is 203. The number of allylic oxidation sites excluding steroid dienone is 2. The van der Waals surface area contributed by atoms with Crippen LogP contribution in [0.5, 0.6) is 0 Å². The molecule has 0 aromatic heterocycles. The Morgan fingerprint density at radius 3 is 2.19 bits per heavy atom. The van der Waals surface area contributed by atoms with Gasteiger partial charge in [-0.05, 0) is 25.7 Å². The molecule has 0 bridgehead atoms. The Morgan fingerprint density at radius 1 is 1.19 bits per heavy atom. The van der Waals surface area contributed by atoms with E-state index in [1.54, 1.807) is 0 Å². The monoisotopic (exact) mass is 224 g/mol. The van der Waals surface area contributed by atoms with Crippen LogP contribution in [0.4, 0.5) is 0 Å². The molecule has 0 amide bonds. The quantitative estimate of drug-likeness (QED) is 0.614. The molecule has 0 unspecified atom stereocenters. The molecule has 92 valence electrons. The Kier molecular flexibility index (Phi) is 5.78. The molecule has 0 saturated carbocycles. The lowest BCUT2D eigenvalue weighted by Gasteiger charge is -2.39. The molecule has 1 rings (SSSR count). The predicted molar refractivity (Wildman–Crippen MR) is 67.3 cm³/mol. The number of hydrogen-bond acceptors (Lipinski definition) is 2. The third kappa shape index (κ3) is 3.76. The minimum absolute atomic E-state index is 0.00251. The Hall–Kier alpha value is -0.600. The van der Waals surface area contributed by atoms with Crippen molar-refractivity contribution in [2.24, 2.45) is 5.41 Å². The van der Waals surface area contributed by atoms with Gasteiger partial charge < -0.3 is 9.47 Å². The molecule has 0 N–H and O–H groups in total. The van der Waals surface area contributed by atoms with Crippen LogP contribution in [0.3, 0.4) is 0 Å². The van der Waals surface area contributed by atoms with Crippen LogP contribution in [-0.4, -0.2) is 19.5 Å². The summed E-state index contributed by atoms with van der Waals surface area (Å²) in [6, 6.07) is 0. The lowest BCUT2D eigenvalue weighted by Crippen LogP contribution is -2.41. The van der Waals surface area contributed by atoms with E-state index >= 15 is 0 Å². The fourth-order valence-electron chi connectivity index (χ4n) is 2.10. The smallest absolute Gasteiger partial charge is 0.157 e. The number of ether oxygens (including phenoxy) is 2. The molecule has 1 fully saturated rings. The lowest BCUT2D eigenvalue weighted by atomic mass is 9.82. The van der Waals surface area contributed by atoms with Gasteiger partial charge in [-0.15, -0.1) is 13.2 Å². The fraction of sp³-hybridized carbons (Fsp3) is 0.714. The zero-order chi connectivity index (χ0) is 11.9. The second-order valence-corrected chi connectivity index (χ2v) is 4.68. The van der Waals surface area contributed by atoms with Crippen LogP contribution in [-0.2, 0) is 9.47 Å². The molecule has 0 aromatic rings. The molecule has 16 heavy (non-hydrogen) atoms. The van der Waals surface area contributed by atoms with Gasteiger partial charge in [0, 0.05) is 5.41 Å². The second kappa shape index (κ2) is 6.87. The molecule has 0 atom stereocenters. The summed E-state index contributed by atoms with van der Waals surface area (Å²) in [4.78, 5) is 0. The van der Waals surface area contributed by atoms with Crippen molar-refractivity contribution >= 4 is 0 Å². The standard InChI is InChI=1S/C14H24O2/c1-4-7-8-13-15-11-14(9-5-2,10-6-3)12-16-13/h5-6,13H,2-4,7-12H2,1H3. The minimum Gasteiger partial charge on any atom is -0.352 e. The Morgan fingerprint density at radius 2 is 1.75 bits per heavy atom. The molecule has 0 spiro atoms. The number of hydrogen-bond donors (Lipinski definition) is 0. The first kappa shape index (κ1) is 13.5. The first-order valence-corrected chi connectivity index (χ1v) is 6.21. The lowest BCUT2D eigenvalue weighted by molar-refractivity contribution is -0.230. The third-order valence-corrected chi connectivity index (χ3v) is 3.10. The highest BCUT2D eigenvalue weighted by Crippen LogP contribution is 2.33. The number of rotatable bonds is 7. The van der Waals surface area contributed by atoms with Crippen LogP contribution in [0, 0.1) is 5.41 Å². The largest absolute Gasteiger partial charge is 0.352 e. The van der Waals surface area contributed by atoms with Crippen molar-refractivity contribution in [1.29, 1.82) is 0 Å². The van der Waals surface area contributed by atoms with Gasteiger partial charge in [0.25, 0.3) is 0 Å². The molecule has 0 aliphatic carbocycles. The number of unbranched alkanes of at least 4 members (excludes halogenated alkanes) is 1. The van der Waals surface area contributed by atoms with Crippen LogP contribution in [0.25, 0.3) is 0 Å². The van der Waals surface area contributed by atoms with Gasteiger partial charge in [0.2, 0.25) is 0 Å². The second-order valence-electron chi connectivity index (χ2n) is 4.68. The maximum atomic E-state index is 5.78. The van der Waals surface area contributed by atoms with Crippen molar-refractivity contribution in [3.05, 3.63) is 25.3 Å². The van der Waals surface area contributed by atoms with Gasteiger partial charge >= 0.3 is 0 Å². The van der Waals surface area contributed by atoms with E-state index in [9.17, 15) is 0 Å². The molecular formula is C14H24O2. The molecule has 1 heterocycles. The molecule has 1 saturated heterocycles. The van der Waals surface area contributed by atoms with Gasteiger partial charge in [0.15, 0.2) is 6.29 Å². The van der Waals surface area contributed by atoms with E-state index in [2.05, 4.69) is 20.1 Å². The van der Waals surface area contributed by atoms with Crippen molar-refractivity contribution in [3.63, 3.8) is 0 Å². The van der Waals surface area contributed by atoms with Crippen LogP contribution >= 0.6 is 0 Å². The fourth-order valence-corrected chi connectivity index (χ4v) is 2.10. The van der Waals surface area contributed by atoms with E-state index in [4.69, 9.17) is 9.47 Å². The van der Waals surface area contributed by atoms with E-state index in [0.717, 1.165) is 32.5 Å². The average molecular weight is 224 g/mol. The topological polar surface area (TPSA) is 18.5 Å². The summed E-state index contributed by atoms with van der Waals surface area (Å²) in [6.07, 6.45) is 9.12. The summed E-state index contributed by atoms with van der Waals surface area (Å²) < 4.78 is 11.6. The molecule has 2 heteroatoms. The highest BCUT2D eigenvalue weighted by Gasteiger charge is 2.34. The molecular weight excluding hydrogens is 200 g/mol. The van der Waals surface area contributed by atoms with Crippen LogP contribution in [0.1, 0.15) is 39.0 Å². The maximum Gasteiger partial charge on any atom is 0.157 e. The SMILES string of the molecule is C=CCC1(CC=C)COC(CCCC)OC1. The van der Waals surface area contributed by atoms with Crippen molar-refractivity contribution in [2.45, 2.75) is 45.3 Å². The first-order valence-electron chi connectivity index (χ1n) is 6.21. The van der Waals surface area contributed by atoms with Crippen LogP contribution in [0.2, 0.25) is 0 Å². The highest BCUT2D eigenvalue weighted by molar-refractivity contribution is 4.93. The van der Waals surface area contributed by atoms with E-state index in [0.29, 0.717) is 0 Å². The van der Waals surface area contributed by atoms with E-state index in [-0.39, 0.29) is 11.7 Å². The summed E-state index contributed by atoms with van der Waals surface area (Å²) in [7, 11) is 0. The van der Waals surface area contributed by atoms with Gasteiger partial charge in [-0.2, -0.15) is 0 Å². The summed E-state index contributed by atoms with van der Waals surface area (Å²) >= 11 is 0. The van der Waals surface area contributed by atoms with Gasteiger partial charge in [-0.25, -0.2) is 0 Å². The molecule has 2 nitrogen and oxygen atoms in total. The zero-order valence-corrected chi connectivity index (χ0v) is 10.4. The summed E-state index contributed by atoms with van der Waals surface area (Å²) in [6.45, 7) is 11.3. The van der Waals surface area contributed by atoms with Crippen molar-refractivity contribution in [2.75, 3.05) is 13.2 Å². The van der Waals surface area contributed by atoms with E-state index in [1.807, 2.05) is 12.2 Å². The normalized spacial score (nSPS) is 20.6.